The zero-order valence-corrected chi connectivity index (χ0v) is 11.0. The van der Waals surface area contributed by atoms with Gasteiger partial charge in [-0.1, -0.05) is 47.5 Å². The zero-order chi connectivity index (χ0) is 11.2. The molecule has 0 atom stereocenters. The summed E-state index contributed by atoms with van der Waals surface area (Å²) in [5.74, 6) is 0. The summed E-state index contributed by atoms with van der Waals surface area (Å²) in [6.45, 7) is 13.0. The largest absolute Gasteiger partial charge is 0.320 e. The van der Waals surface area contributed by atoms with Gasteiger partial charge in [0.05, 0.1) is 0 Å². The van der Waals surface area contributed by atoms with Crippen LogP contribution in [0.1, 0.15) is 60.3 Å². The Morgan fingerprint density at radius 1 is 0.857 bits per heavy atom. The van der Waals surface area contributed by atoms with Gasteiger partial charge in [-0.15, -0.1) is 0 Å². The Balaban J connectivity index is 3.67. The number of hydrogen-bond donors (Lipinski definition) is 1. The Kier molecular flexibility index (Phi) is 5.73. The van der Waals surface area contributed by atoms with E-state index in [-0.39, 0.29) is 0 Å². The average Bonchev–Trinajstić information content (AvgIpc) is 2.02. The van der Waals surface area contributed by atoms with E-state index in [0.29, 0.717) is 10.8 Å². The SMILES string of the molecule is CNCCCCCC(C)(C)C(C)(C)C. The summed E-state index contributed by atoms with van der Waals surface area (Å²) < 4.78 is 0. The molecule has 1 nitrogen and oxygen atoms in total. The minimum Gasteiger partial charge on any atom is -0.320 e. The molecule has 86 valence electrons. The van der Waals surface area contributed by atoms with Crippen LogP contribution in [0.4, 0.5) is 0 Å². The molecule has 0 radical (unpaired) electrons. The molecule has 0 aliphatic carbocycles. The molecule has 0 fully saturated rings. The van der Waals surface area contributed by atoms with Crippen molar-refractivity contribution in [2.75, 3.05) is 13.6 Å². The van der Waals surface area contributed by atoms with Crippen LogP contribution in [0, 0.1) is 10.8 Å². The van der Waals surface area contributed by atoms with Gasteiger partial charge in [-0.05, 0) is 37.3 Å². The van der Waals surface area contributed by atoms with Crippen LogP contribution < -0.4 is 5.32 Å². The van der Waals surface area contributed by atoms with Crippen LogP contribution in [-0.4, -0.2) is 13.6 Å². The maximum Gasteiger partial charge on any atom is -0.00519 e. The Hall–Kier alpha value is -0.0400. The van der Waals surface area contributed by atoms with Gasteiger partial charge in [0.1, 0.15) is 0 Å². The van der Waals surface area contributed by atoms with Crippen LogP contribution in [0.2, 0.25) is 0 Å². The molecule has 1 heteroatoms. The van der Waals surface area contributed by atoms with E-state index in [9.17, 15) is 0 Å². The van der Waals surface area contributed by atoms with Crippen molar-refractivity contribution in [2.24, 2.45) is 10.8 Å². The van der Waals surface area contributed by atoms with Crippen LogP contribution >= 0.6 is 0 Å². The molecule has 0 heterocycles. The topological polar surface area (TPSA) is 12.0 Å². The van der Waals surface area contributed by atoms with E-state index in [1.807, 2.05) is 7.05 Å². The fourth-order valence-corrected chi connectivity index (χ4v) is 1.42. The highest BCUT2D eigenvalue weighted by Gasteiger charge is 2.31. The van der Waals surface area contributed by atoms with E-state index in [4.69, 9.17) is 0 Å². The number of hydrogen-bond acceptors (Lipinski definition) is 1. The van der Waals surface area contributed by atoms with Crippen molar-refractivity contribution in [3.63, 3.8) is 0 Å². The first kappa shape index (κ1) is 14.0. The summed E-state index contributed by atoms with van der Waals surface area (Å²) in [5.41, 5.74) is 0.892. The second-order valence-electron chi connectivity index (χ2n) is 6.05. The first-order valence-corrected chi connectivity index (χ1v) is 5.96. The van der Waals surface area contributed by atoms with Crippen LogP contribution in [-0.2, 0) is 0 Å². The predicted molar refractivity (Wildman–Crippen MR) is 65.6 cm³/mol. The van der Waals surface area contributed by atoms with Gasteiger partial charge in [-0.3, -0.25) is 0 Å². The van der Waals surface area contributed by atoms with Crippen molar-refractivity contribution in [1.82, 2.24) is 5.32 Å². The maximum absolute atomic E-state index is 3.20. The Morgan fingerprint density at radius 3 is 1.86 bits per heavy atom. The summed E-state index contributed by atoms with van der Waals surface area (Å²) in [6.07, 6.45) is 5.39. The number of nitrogens with one attached hydrogen (secondary N) is 1. The lowest BCUT2D eigenvalue weighted by Crippen LogP contribution is -2.29. The van der Waals surface area contributed by atoms with Gasteiger partial charge >= 0.3 is 0 Å². The summed E-state index contributed by atoms with van der Waals surface area (Å²) >= 11 is 0. The van der Waals surface area contributed by atoms with Crippen LogP contribution in [0.15, 0.2) is 0 Å². The van der Waals surface area contributed by atoms with Gasteiger partial charge in [0.25, 0.3) is 0 Å². The molecule has 0 aromatic rings. The molecule has 0 aromatic heterocycles. The van der Waals surface area contributed by atoms with E-state index in [0.717, 1.165) is 6.54 Å². The molecule has 0 saturated heterocycles. The number of rotatable bonds is 6. The van der Waals surface area contributed by atoms with Crippen LogP contribution in [0.25, 0.3) is 0 Å². The third-order valence-electron chi connectivity index (χ3n) is 3.76. The fourth-order valence-electron chi connectivity index (χ4n) is 1.42. The average molecular weight is 199 g/mol. The Labute approximate surface area is 90.7 Å². The van der Waals surface area contributed by atoms with E-state index >= 15 is 0 Å². The highest BCUT2D eigenvalue weighted by molar-refractivity contribution is 4.81. The smallest absolute Gasteiger partial charge is 0.00519 e. The molecule has 0 aromatic carbocycles. The number of unbranched alkanes of at least 4 members (excludes halogenated alkanes) is 2. The minimum absolute atomic E-state index is 0.427. The quantitative estimate of drug-likeness (QED) is 0.641. The normalized spacial score (nSPS) is 13.3. The highest BCUT2D eigenvalue weighted by Crippen LogP contribution is 2.41. The monoisotopic (exact) mass is 199 g/mol. The third kappa shape index (κ3) is 4.99. The first-order chi connectivity index (χ1) is 6.31. The predicted octanol–water partition coefficient (Wildman–Crippen LogP) is 3.84. The molecule has 0 aliphatic heterocycles. The van der Waals surface area contributed by atoms with Gasteiger partial charge in [0.15, 0.2) is 0 Å². The van der Waals surface area contributed by atoms with E-state index in [1.54, 1.807) is 0 Å². The van der Waals surface area contributed by atoms with Crippen molar-refractivity contribution in [3.05, 3.63) is 0 Å². The van der Waals surface area contributed by atoms with Crippen molar-refractivity contribution < 1.29 is 0 Å². The van der Waals surface area contributed by atoms with Gasteiger partial charge < -0.3 is 5.32 Å². The van der Waals surface area contributed by atoms with Crippen LogP contribution in [0.3, 0.4) is 0 Å². The lowest BCUT2D eigenvalue weighted by molar-refractivity contribution is 0.116. The van der Waals surface area contributed by atoms with E-state index in [2.05, 4.69) is 39.9 Å². The second-order valence-corrected chi connectivity index (χ2v) is 6.05. The summed E-state index contributed by atoms with van der Waals surface area (Å²) in [7, 11) is 2.03. The molecule has 0 bridgehead atoms. The van der Waals surface area contributed by atoms with Crippen molar-refractivity contribution in [2.45, 2.75) is 60.3 Å². The molecule has 1 N–H and O–H groups in total. The highest BCUT2D eigenvalue weighted by atomic mass is 14.8. The lowest BCUT2D eigenvalue weighted by atomic mass is 9.67. The molecule has 0 saturated carbocycles. The van der Waals surface area contributed by atoms with E-state index in [1.165, 1.54) is 25.7 Å². The molecule has 14 heavy (non-hydrogen) atoms. The molecule has 0 spiro atoms. The lowest BCUT2D eigenvalue weighted by Gasteiger charge is -2.39. The molecule has 0 unspecified atom stereocenters. The fraction of sp³-hybridized carbons (Fsp3) is 1.00. The molecule has 0 aliphatic rings. The van der Waals surface area contributed by atoms with Crippen molar-refractivity contribution in [1.29, 1.82) is 0 Å². The second kappa shape index (κ2) is 5.75. The van der Waals surface area contributed by atoms with Gasteiger partial charge in [-0.25, -0.2) is 0 Å². The minimum atomic E-state index is 0.427. The van der Waals surface area contributed by atoms with Gasteiger partial charge in [0.2, 0.25) is 0 Å². The standard InChI is InChI=1S/C13H29N/c1-12(2,3)13(4,5)10-8-7-9-11-14-6/h14H,7-11H2,1-6H3. The van der Waals surface area contributed by atoms with Crippen LogP contribution in [0.5, 0.6) is 0 Å². The zero-order valence-electron chi connectivity index (χ0n) is 11.0. The molecule has 0 amide bonds. The molecular formula is C13H29N. The first-order valence-electron chi connectivity index (χ1n) is 5.96. The maximum atomic E-state index is 3.20. The molecule has 0 rings (SSSR count). The van der Waals surface area contributed by atoms with Gasteiger partial charge in [0, 0.05) is 0 Å². The summed E-state index contributed by atoms with van der Waals surface area (Å²) in [6, 6.07) is 0. The van der Waals surface area contributed by atoms with Crippen molar-refractivity contribution in [3.8, 4) is 0 Å². The summed E-state index contributed by atoms with van der Waals surface area (Å²) in [5, 5.41) is 3.20. The molecular weight excluding hydrogens is 170 g/mol. The Bertz CT molecular complexity index is 142. The third-order valence-corrected chi connectivity index (χ3v) is 3.76. The Morgan fingerprint density at radius 2 is 1.43 bits per heavy atom. The van der Waals surface area contributed by atoms with Gasteiger partial charge in [-0.2, -0.15) is 0 Å². The van der Waals surface area contributed by atoms with Crippen molar-refractivity contribution >= 4 is 0 Å². The summed E-state index contributed by atoms with van der Waals surface area (Å²) in [4.78, 5) is 0. The van der Waals surface area contributed by atoms with E-state index < -0.39 is 0 Å².